The van der Waals surface area contributed by atoms with Crippen molar-refractivity contribution in [2.45, 2.75) is 13.1 Å². The van der Waals surface area contributed by atoms with Gasteiger partial charge in [-0.3, -0.25) is 4.79 Å². The van der Waals surface area contributed by atoms with E-state index in [2.05, 4.69) is 0 Å². The Bertz CT molecular complexity index is 391. The van der Waals surface area contributed by atoms with Crippen LogP contribution in [0.1, 0.15) is 22.8 Å². The number of alkyl halides is 3. The number of halogens is 5. The molecule has 0 N–H and O–H groups in total. The van der Waals surface area contributed by atoms with Crippen molar-refractivity contribution in [3.63, 3.8) is 0 Å². The Morgan fingerprint density at radius 2 is 1.93 bits per heavy atom. The molecule has 0 aliphatic carbocycles. The van der Waals surface area contributed by atoms with Gasteiger partial charge in [0.25, 0.3) is 0 Å². The molecule has 0 radical (unpaired) electrons. The molecule has 0 unspecified atom stereocenters. The third kappa shape index (κ3) is 2.84. The SMILES string of the molecule is CC(=O)c1cc(Cl)c(C(F)(F)F)c(I)c1. The summed E-state index contributed by atoms with van der Waals surface area (Å²) >= 11 is 7.00. The molecule has 15 heavy (non-hydrogen) atoms. The first-order valence-electron chi connectivity index (χ1n) is 3.80. The molecule has 0 bridgehead atoms. The topological polar surface area (TPSA) is 17.1 Å². The Morgan fingerprint density at radius 1 is 1.40 bits per heavy atom. The van der Waals surface area contributed by atoms with Crippen LogP contribution in [0.5, 0.6) is 0 Å². The summed E-state index contributed by atoms with van der Waals surface area (Å²) in [5.74, 6) is -0.316. The van der Waals surface area contributed by atoms with Crippen molar-refractivity contribution in [1.29, 1.82) is 0 Å². The highest BCUT2D eigenvalue weighted by molar-refractivity contribution is 14.1. The Kier molecular flexibility index (Phi) is 3.65. The first kappa shape index (κ1) is 12.8. The van der Waals surface area contributed by atoms with E-state index in [0.717, 1.165) is 6.07 Å². The van der Waals surface area contributed by atoms with Crippen LogP contribution in [-0.2, 0) is 6.18 Å². The first-order chi connectivity index (χ1) is 6.73. The Labute approximate surface area is 103 Å². The number of carbonyl (C=O) groups is 1. The molecule has 1 aromatic carbocycles. The summed E-state index contributed by atoms with van der Waals surface area (Å²) in [5, 5.41) is -0.445. The first-order valence-corrected chi connectivity index (χ1v) is 5.26. The molecule has 82 valence electrons. The van der Waals surface area contributed by atoms with Crippen LogP contribution in [0.25, 0.3) is 0 Å². The van der Waals surface area contributed by atoms with Crippen molar-refractivity contribution in [2.24, 2.45) is 0 Å². The quantitative estimate of drug-likeness (QED) is 0.550. The lowest BCUT2D eigenvalue weighted by Crippen LogP contribution is -2.09. The maximum atomic E-state index is 12.5. The largest absolute Gasteiger partial charge is 0.418 e. The number of rotatable bonds is 1. The molecule has 0 aromatic heterocycles. The smallest absolute Gasteiger partial charge is 0.295 e. The lowest BCUT2D eigenvalue weighted by molar-refractivity contribution is -0.138. The standard InChI is InChI=1S/C9H5ClF3IO/c1-4(15)5-2-6(10)8(7(14)3-5)9(11,12)13/h2-3H,1H3. The van der Waals surface area contributed by atoms with Crippen molar-refractivity contribution < 1.29 is 18.0 Å². The molecule has 6 heteroatoms. The van der Waals surface area contributed by atoms with E-state index >= 15 is 0 Å². The van der Waals surface area contributed by atoms with Gasteiger partial charge in [0.2, 0.25) is 0 Å². The third-order valence-corrected chi connectivity index (χ3v) is 2.88. The molecule has 0 aliphatic rings. The minimum atomic E-state index is -4.50. The van der Waals surface area contributed by atoms with Crippen LogP contribution in [0.2, 0.25) is 5.02 Å². The van der Waals surface area contributed by atoms with Crippen LogP contribution < -0.4 is 0 Å². The molecule has 0 heterocycles. The highest BCUT2D eigenvalue weighted by Crippen LogP contribution is 2.38. The van der Waals surface area contributed by atoms with Crippen LogP contribution in [0.15, 0.2) is 12.1 Å². The fraction of sp³-hybridized carbons (Fsp3) is 0.222. The van der Waals surface area contributed by atoms with Crippen LogP contribution in [0.3, 0.4) is 0 Å². The lowest BCUT2D eigenvalue weighted by atomic mass is 10.1. The molecule has 0 saturated heterocycles. The lowest BCUT2D eigenvalue weighted by Gasteiger charge is -2.12. The molecular weight excluding hydrogens is 343 g/mol. The molecule has 0 atom stereocenters. The molecule has 1 rings (SSSR count). The van der Waals surface area contributed by atoms with Gasteiger partial charge in [0.05, 0.1) is 10.6 Å². The predicted octanol–water partition coefficient (Wildman–Crippen LogP) is 4.17. The van der Waals surface area contributed by atoms with E-state index in [-0.39, 0.29) is 14.9 Å². The average molecular weight is 348 g/mol. The van der Waals surface area contributed by atoms with Gasteiger partial charge in [-0.15, -0.1) is 0 Å². The summed E-state index contributed by atoms with van der Waals surface area (Å²) in [6.07, 6.45) is -4.50. The minimum absolute atomic E-state index is 0.0715. The second-order valence-corrected chi connectivity index (χ2v) is 4.44. The van der Waals surface area contributed by atoms with Gasteiger partial charge in [0.15, 0.2) is 5.78 Å². The van der Waals surface area contributed by atoms with Gasteiger partial charge in [-0.05, 0) is 41.6 Å². The van der Waals surface area contributed by atoms with Crippen LogP contribution in [0, 0.1) is 3.57 Å². The number of carbonyl (C=O) groups excluding carboxylic acids is 1. The average Bonchev–Trinajstić information content (AvgIpc) is 1.99. The van der Waals surface area contributed by atoms with Gasteiger partial charge in [0, 0.05) is 9.13 Å². The zero-order chi connectivity index (χ0) is 11.8. The van der Waals surface area contributed by atoms with Gasteiger partial charge < -0.3 is 0 Å². The van der Waals surface area contributed by atoms with E-state index in [0.29, 0.717) is 0 Å². The highest BCUT2D eigenvalue weighted by Gasteiger charge is 2.35. The summed E-state index contributed by atoms with van der Waals surface area (Å²) in [5.41, 5.74) is -0.716. The number of ketones is 1. The second kappa shape index (κ2) is 4.29. The van der Waals surface area contributed by atoms with Gasteiger partial charge in [-0.1, -0.05) is 11.6 Å². The molecular formula is C9H5ClF3IO. The molecule has 0 spiro atoms. The molecule has 0 aliphatic heterocycles. The second-order valence-electron chi connectivity index (χ2n) is 2.87. The van der Waals surface area contributed by atoms with E-state index in [1.807, 2.05) is 0 Å². The number of Topliss-reactive ketones (excluding diaryl/α,β-unsaturated/α-hetero) is 1. The minimum Gasteiger partial charge on any atom is -0.295 e. The van der Waals surface area contributed by atoms with Crippen molar-refractivity contribution >= 4 is 40.0 Å². The van der Waals surface area contributed by atoms with E-state index in [9.17, 15) is 18.0 Å². The summed E-state index contributed by atoms with van der Waals surface area (Å²) in [7, 11) is 0. The fourth-order valence-electron chi connectivity index (χ4n) is 1.05. The summed E-state index contributed by atoms with van der Waals surface area (Å²) in [6.45, 7) is 1.27. The number of hydrogen-bond donors (Lipinski definition) is 0. The van der Waals surface area contributed by atoms with Crippen LogP contribution in [-0.4, -0.2) is 5.78 Å². The Hall–Kier alpha value is -0.300. The third-order valence-electron chi connectivity index (χ3n) is 1.73. The van der Waals surface area contributed by atoms with Crippen molar-refractivity contribution in [3.05, 3.63) is 31.9 Å². The fourth-order valence-corrected chi connectivity index (χ4v) is 2.46. The molecule has 0 fully saturated rings. The van der Waals surface area contributed by atoms with E-state index in [1.54, 1.807) is 0 Å². The normalized spacial score (nSPS) is 11.6. The van der Waals surface area contributed by atoms with Crippen molar-refractivity contribution in [3.8, 4) is 0 Å². The van der Waals surface area contributed by atoms with E-state index in [4.69, 9.17) is 11.6 Å². The predicted molar refractivity (Wildman–Crippen MR) is 59.2 cm³/mol. The van der Waals surface area contributed by atoms with Gasteiger partial charge in [-0.2, -0.15) is 13.2 Å². The van der Waals surface area contributed by atoms with Gasteiger partial charge >= 0.3 is 6.18 Å². The monoisotopic (exact) mass is 348 g/mol. The maximum Gasteiger partial charge on any atom is 0.418 e. The highest BCUT2D eigenvalue weighted by atomic mass is 127. The zero-order valence-corrected chi connectivity index (χ0v) is 10.4. The van der Waals surface area contributed by atoms with Crippen LogP contribution >= 0.6 is 34.2 Å². The Morgan fingerprint density at radius 3 is 2.27 bits per heavy atom. The van der Waals surface area contributed by atoms with Gasteiger partial charge in [0.1, 0.15) is 0 Å². The molecule has 0 amide bonds. The van der Waals surface area contributed by atoms with E-state index in [1.165, 1.54) is 35.6 Å². The van der Waals surface area contributed by atoms with E-state index < -0.39 is 16.8 Å². The summed E-state index contributed by atoms with van der Waals surface area (Å²) < 4.78 is 37.3. The van der Waals surface area contributed by atoms with Crippen molar-refractivity contribution in [2.75, 3.05) is 0 Å². The molecule has 0 saturated carbocycles. The Balaban J connectivity index is 3.41. The zero-order valence-electron chi connectivity index (χ0n) is 7.45. The van der Waals surface area contributed by atoms with Crippen LogP contribution in [0.4, 0.5) is 13.2 Å². The number of hydrogen-bond acceptors (Lipinski definition) is 1. The summed E-state index contributed by atoms with van der Waals surface area (Å²) in [6, 6.07) is 2.21. The summed E-state index contributed by atoms with van der Waals surface area (Å²) in [4.78, 5) is 11.0. The number of benzene rings is 1. The molecule has 1 aromatic rings. The maximum absolute atomic E-state index is 12.5. The van der Waals surface area contributed by atoms with Gasteiger partial charge in [-0.25, -0.2) is 0 Å². The molecule has 1 nitrogen and oxygen atoms in total. The van der Waals surface area contributed by atoms with Crippen molar-refractivity contribution in [1.82, 2.24) is 0 Å².